The standard InChI is InChI=1S/C27H24N4O2/c28-15-8-16-29-27(33)25(17-20-18-30-24-14-7-6-12-22(20)24)31-26(32)23-13-5-4-11-21(23)19-9-2-1-3-10-19/h1-7,9-14,18,25,30H,8,16-17H2,(H,29,33)(H,31,32). The Morgan fingerprint density at radius 2 is 1.67 bits per heavy atom. The van der Waals surface area contributed by atoms with Crippen molar-refractivity contribution in [1.29, 1.82) is 5.26 Å². The minimum Gasteiger partial charge on any atom is -0.361 e. The van der Waals surface area contributed by atoms with E-state index in [1.54, 1.807) is 6.07 Å². The Balaban J connectivity index is 1.61. The van der Waals surface area contributed by atoms with Crippen molar-refractivity contribution < 1.29 is 9.59 Å². The van der Waals surface area contributed by atoms with Crippen LogP contribution in [0, 0.1) is 11.3 Å². The highest BCUT2D eigenvalue weighted by molar-refractivity contribution is 6.03. The number of amides is 2. The summed E-state index contributed by atoms with van der Waals surface area (Å²) in [5.74, 6) is -0.643. The Bertz CT molecular complexity index is 1300. The van der Waals surface area contributed by atoms with Gasteiger partial charge in [0.1, 0.15) is 6.04 Å². The fraction of sp³-hybridized carbons (Fsp3) is 0.148. The lowest BCUT2D eigenvalue weighted by Crippen LogP contribution is -2.48. The number of rotatable bonds is 8. The first kappa shape index (κ1) is 21.8. The van der Waals surface area contributed by atoms with Crippen molar-refractivity contribution in [3.05, 3.63) is 96.2 Å². The number of nitrogens with zero attached hydrogens (tertiary/aromatic N) is 1. The molecule has 1 unspecified atom stereocenters. The molecule has 0 radical (unpaired) electrons. The Kier molecular flexibility index (Phi) is 6.81. The molecule has 4 aromatic rings. The number of aromatic amines is 1. The van der Waals surface area contributed by atoms with Crippen molar-refractivity contribution in [3.8, 4) is 17.2 Å². The van der Waals surface area contributed by atoms with Crippen LogP contribution in [0.25, 0.3) is 22.0 Å². The molecule has 33 heavy (non-hydrogen) atoms. The van der Waals surface area contributed by atoms with Gasteiger partial charge in [-0.2, -0.15) is 5.26 Å². The summed E-state index contributed by atoms with van der Waals surface area (Å²) in [6.45, 7) is 0.232. The monoisotopic (exact) mass is 436 g/mol. The molecule has 0 spiro atoms. The van der Waals surface area contributed by atoms with Crippen LogP contribution in [0.2, 0.25) is 0 Å². The zero-order valence-corrected chi connectivity index (χ0v) is 18.0. The summed E-state index contributed by atoms with van der Waals surface area (Å²) in [5.41, 5.74) is 4.12. The second-order valence-electron chi connectivity index (χ2n) is 7.70. The second-order valence-corrected chi connectivity index (χ2v) is 7.70. The molecule has 0 fully saturated rings. The predicted octanol–water partition coefficient (Wildman–Crippen LogP) is 4.21. The fourth-order valence-corrected chi connectivity index (χ4v) is 3.88. The number of hydrogen-bond acceptors (Lipinski definition) is 3. The number of carbonyl (C=O) groups is 2. The summed E-state index contributed by atoms with van der Waals surface area (Å²) in [5, 5.41) is 15.5. The molecule has 3 N–H and O–H groups in total. The van der Waals surface area contributed by atoms with Gasteiger partial charge in [-0.15, -0.1) is 0 Å². The van der Waals surface area contributed by atoms with E-state index in [1.807, 2.05) is 85.1 Å². The van der Waals surface area contributed by atoms with Crippen LogP contribution in [0.4, 0.5) is 0 Å². The van der Waals surface area contributed by atoms with E-state index >= 15 is 0 Å². The average molecular weight is 437 g/mol. The van der Waals surface area contributed by atoms with Crippen molar-refractivity contribution in [2.24, 2.45) is 0 Å². The van der Waals surface area contributed by atoms with E-state index in [0.29, 0.717) is 12.0 Å². The van der Waals surface area contributed by atoms with Gasteiger partial charge in [0, 0.05) is 35.6 Å². The molecule has 0 bridgehead atoms. The number of nitrogens with one attached hydrogen (secondary N) is 3. The molecule has 0 saturated carbocycles. The second kappa shape index (κ2) is 10.3. The Morgan fingerprint density at radius 3 is 2.48 bits per heavy atom. The van der Waals surface area contributed by atoms with Gasteiger partial charge in [0.2, 0.25) is 5.91 Å². The van der Waals surface area contributed by atoms with Crippen LogP contribution in [0.3, 0.4) is 0 Å². The normalized spacial score (nSPS) is 11.5. The molecule has 0 aliphatic rings. The summed E-state index contributed by atoms with van der Waals surface area (Å²) >= 11 is 0. The summed E-state index contributed by atoms with van der Waals surface area (Å²) in [6, 6.07) is 26.1. The molecule has 4 rings (SSSR count). The number of fused-ring (bicyclic) bond motifs is 1. The zero-order valence-electron chi connectivity index (χ0n) is 18.0. The Morgan fingerprint density at radius 1 is 0.939 bits per heavy atom. The quantitative estimate of drug-likeness (QED) is 0.361. The van der Waals surface area contributed by atoms with Gasteiger partial charge in [0.05, 0.1) is 12.5 Å². The van der Waals surface area contributed by atoms with Crippen LogP contribution in [0.1, 0.15) is 22.3 Å². The van der Waals surface area contributed by atoms with E-state index < -0.39 is 6.04 Å². The fourth-order valence-electron chi connectivity index (χ4n) is 3.88. The summed E-state index contributed by atoms with van der Waals surface area (Å²) in [6.07, 6.45) is 2.39. The molecule has 1 atom stereocenters. The lowest BCUT2D eigenvalue weighted by molar-refractivity contribution is -0.122. The highest BCUT2D eigenvalue weighted by Crippen LogP contribution is 2.24. The predicted molar refractivity (Wildman–Crippen MR) is 128 cm³/mol. The number of carbonyl (C=O) groups excluding carboxylic acids is 2. The average Bonchev–Trinajstić information content (AvgIpc) is 3.27. The molecule has 1 heterocycles. The molecular formula is C27H24N4O2. The summed E-state index contributed by atoms with van der Waals surface area (Å²) in [7, 11) is 0. The van der Waals surface area contributed by atoms with E-state index in [1.165, 1.54) is 0 Å². The van der Waals surface area contributed by atoms with Crippen LogP contribution in [0.15, 0.2) is 85.1 Å². The summed E-state index contributed by atoms with van der Waals surface area (Å²) in [4.78, 5) is 29.5. The first-order valence-corrected chi connectivity index (χ1v) is 10.8. The Hall–Kier alpha value is -4.37. The minimum atomic E-state index is -0.792. The van der Waals surface area contributed by atoms with Crippen molar-refractivity contribution in [3.63, 3.8) is 0 Å². The van der Waals surface area contributed by atoms with E-state index in [-0.39, 0.29) is 24.8 Å². The maximum Gasteiger partial charge on any atom is 0.252 e. The number of hydrogen-bond donors (Lipinski definition) is 3. The number of benzene rings is 3. The van der Waals surface area contributed by atoms with Gasteiger partial charge in [0.25, 0.3) is 5.91 Å². The lowest BCUT2D eigenvalue weighted by atomic mass is 9.98. The molecule has 6 nitrogen and oxygen atoms in total. The maximum absolute atomic E-state index is 13.3. The van der Waals surface area contributed by atoms with E-state index in [0.717, 1.165) is 27.6 Å². The molecule has 0 aliphatic heterocycles. The van der Waals surface area contributed by atoms with Crippen LogP contribution in [-0.4, -0.2) is 29.4 Å². The molecule has 0 saturated heterocycles. The zero-order chi connectivity index (χ0) is 23.0. The third-order valence-electron chi connectivity index (χ3n) is 5.51. The summed E-state index contributed by atoms with van der Waals surface area (Å²) < 4.78 is 0. The van der Waals surface area contributed by atoms with Gasteiger partial charge in [-0.1, -0.05) is 66.7 Å². The maximum atomic E-state index is 13.3. The van der Waals surface area contributed by atoms with Gasteiger partial charge in [-0.25, -0.2) is 0 Å². The molecule has 2 amide bonds. The first-order valence-electron chi connectivity index (χ1n) is 10.8. The van der Waals surface area contributed by atoms with Crippen molar-refractivity contribution in [2.75, 3.05) is 6.54 Å². The molecule has 6 heteroatoms. The largest absolute Gasteiger partial charge is 0.361 e. The SMILES string of the molecule is N#CCCNC(=O)C(Cc1c[nH]c2ccccc12)NC(=O)c1ccccc1-c1ccccc1. The third kappa shape index (κ3) is 5.10. The number of H-pyrrole nitrogens is 1. The number of nitriles is 1. The van der Waals surface area contributed by atoms with Gasteiger partial charge in [0.15, 0.2) is 0 Å². The van der Waals surface area contributed by atoms with Crippen molar-refractivity contribution in [1.82, 2.24) is 15.6 Å². The first-order chi connectivity index (χ1) is 16.2. The molecule has 3 aromatic carbocycles. The minimum absolute atomic E-state index is 0.205. The molecule has 0 aliphatic carbocycles. The third-order valence-corrected chi connectivity index (χ3v) is 5.51. The number of para-hydroxylation sites is 1. The van der Waals surface area contributed by atoms with Gasteiger partial charge in [-0.05, 0) is 28.8 Å². The topological polar surface area (TPSA) is 97.8 Å². The van der Waals surface area contributed by atoms with Crippen LogP contribution >= 0.6 is 0 Å². The van der Waals surface area contributed by atoms with Crippen molar-refractivity contribution in [2.45, 2.75) is 18.9 Å². The van der Waals surface area contributed by atoms with Crippen LogP contribution in [-0.2, 0) is 11.2 Å². The van der Waals surface area contributed by atoms with Crippen LogP contribution in [0.5, 0.6) is 0 Å². The lowest BCUT2D eigenvalue weighted by Gasteiger charge is -2.19. The van der Waals surface area contributed by atoms with Crippen LogP contribution < -0.4 is 10.6 Å². The molecule has 164 valence electrons. The highest BCUT2D eigenvalue weighted by atomic mass is 16.2. The molecular weight excluding hydrogens is 412 g/mol. The smallest absolute Gasteiger partial charge is 0.252 e. The highest BCUT2D eigenvalue weighted by Gasteiger charge is 2.24. The van der Waals surface area contributed by atoms with Gasteiger partial charge >= 0.3 is 0 Å². The van der Waals surface area contributed by atoms with Crippen molar-refractivity contribution >= 4 is 22.7 Å². The van der Waals surface area contributed by atoms with Gasteiger partial charge in [-0.3, -0.25) is 9.59 Å². The Labute approximate surface area is 192 Å². The van der Waals surface area contributed by atoms with E-state index in [4.69, 9.17) is 5.26 Å². The molecule has 1 aromatic heterocycles. The van der Waals surface area contributed by atoms with E-state index in [9.17, 15) is 9.59 Å². The van der Waals surface area contributed by atoms with Gasteiger partial charge < -0.3 is 15.6 Å². The van der Waals surface area contributed by atoms with E-state index in [2.05, 4.69) is 15.6 Å². The number of aromatic nitrogens is 1.